The molecule has 0 spiro atoms. The minimum absolute atomic E-state index is 0.0350. The number of piperazine rings is 1. The molecule has 2 aliphatic heterocycles. The lowest BCUT2D eigenvalue weighted by Crippen LogP contribution is -2.51. The van der Waals surface area contributed by atoms with Crippen LogP contribution in [0, 0.1) is 13.8 Å². The van der Waals surface area contributed by atoms with E-state index >= 15 is 0 Å². The van der Waals surface area contributed by atoms with Crippen LogP contribution >= 0.6 is 0 Å². The number of rotatable bonds is 3. The second-order valence-corrected chi connectivity index (χ2v) is 7.19. The summed E-state index contributed by atoms with van der Waals surface area (Å²) in [5, 5.41) is 0. The smallest absolute Gasteiger partial charge is 0.257 e. The fraction of sp³-hybridized carbons (Fsp3) is 0.684. The van der Waals surface area contributed by atoms with Crippen LogP contribution in [0.4, 0.5) is 0 Å². The molecule has 2 fully saturated rings. The average molecular weight is 347 g/mol. The third-order valence-corrected chi connectivity index (χ3v) is 5.25. The van der Waals surface area contributed by atoms with Gasteiger partial charge >= 0.3 is 0 Å². The number of hydrogen-bond donors (Lipinski definition) is 0. The van der Waals surface area contributed by atoms with E-state index < -0.39 is 0 Å². The van der Waals surface area contributed by atoms with Gasteiger partial charge in [0.15, 0.2) is 0 Å². The van der Waals surface area contributed by atoms with E-state index in [1.54, 1.807) is 0 Å². The molecule has 2 amide bonds. The predicted molar refractivity (Wildman–Crippen MR) is 95.6 cm³/mol. The Morgan fingerprint density at radius 3 is 2.12 bits per heavy atom. The van der Waals surface area contributed by atoms with Crippen LogP contribution in [-0.4, -0.2) is 72.3 Å². The fourth-order valence-electron chi connectivity index (χ4n) is 3.73. The van der Waals surface area contributed by atoms with Crippen molar-refractivity contribution in [3.8, 4) is 0 Å². The van der Waals surface area contributed by atoms with E-state index in [0.29, 0.717) is 31.0 Å². The van der Waals surface area contributed by atoms with Crippen molar-refractivity contribution in [1.29, 1.82) is 0 Å². The Bertz CT molecular complexity index is 609. The van der Waals surface area contributed by atoms with Crippen molar-refractivity contribution < 1.29 is 14.0 Å². The molecule has 2 aliphatic rings. The zero-order valence-electron chi connectivity index (χ0n) is 15.4. The molecule has 3 rings (SSSR count). The van der Waals surface area contributed by atoms with Gasteiger partial charge in [0.2, 0.25) is 5.91 Å². The number of likely N-dealkylation sites (tertiary alicyclic amines) is 1. The summed E-state index contributed by atoms with van der Waals surface area (Å²) in [5.41, 5.74) is 0.659. The Balaban J connectivity index is 1.49. The standard InChI is InChI=1S/C19H29N3O3/c1-15-13-17(16(2)25-15)19(24)22-11-9-20(10-12-22)14-18(23)21-7-5-3-4-6-8-21/h13H,3-12,14H2,1-2H3. The first-order valence-electron chi connectivity index (χ1n) is 9.41. The SMILES string of the molecule is Cc1cc(C(=O)N2CCN(CC(=O)N3CCCCCC3)CC2)c(C)o1. The van der Waals surface area contributed by atoms with Crippen molar-refractivity contribution in [1.82, 2.24) is 14.7 Å². The maximum atomic E-state index is 12.6. The van der Waals surface area contributed by atoms with Crippen molar-refractivity contribution >= 4 is 11.8 Å². The zero-order valence-corrected chi connectivity index (χ0v) is 15.4. The summed E-state index contributed by atoms with van der Waals surface area (Å²) >= 11 is 0. The van der Waals surface area contributed by atoms with Crippen LogP contribution < -0.4 is 0 Å². The predicted octanol–water partition coefficient (Wildman–Crippen LogP) is 2.06. The zero-order chi connectivity index (χ0) is 17.8. The van der Waals surface area contributed by atoms with E-state index in [1.165, 1.54) is 12.8 Å². The van der Waals surface area contributed by atoms with E-state index in [4.69, 9.17) is 4.42 Å². The van der Waals surface area contributed by atoms with Gasteiger partial charge in [0.25, 0.3) is 5.91 Å². The Hall–Kier alpha value is -1.82. The summed E-state index contributed by atoms with van der Waals surface area (Å²) in [5.74, 6) is 1.72. The summed E-state index contributed by atoms with van der Waals surface area (Å²) in [6.45, 7) is 8.79. The lowest BCUT2D eigenvalue weighted by atomic mass is 10.2. The Labute approximate surface area is 149 Å². The second-order valence-electron chi connectivity index (χ2n) is 7.19. The van der Waals surface area contributed by atoms with E-state index in [0.717, 1.165) is 44.8 Å². The molecule has 0 aliphatic carbocycles. The molecule has 1 aromatic heterocycles. The first-order valence-corrected chi connectivity index (χ1v) is 9.41. The summed E-state index contributed by atoms with van der Waals surface area (Å²) in [6, 6.07) is 1.81. The first kappa shape index (κ1) is 18.0. The summed E-state index contributed by atoms with van der Waals surface area (Å²) < 4.78 is 5.47. The molecule has 0 bridgehead atoms. The lowest BCUT2D eigenvalue weighted by molar-refractivity contribution is -0.132. The Morgan fingerprint density at radius 2 is 1.56 bits per heavy atom. The molecule has 0 unspecified atom stereocenters. The monoisotopic (exact) mass is 347 g/mol. The van der Waals surface area contributed by atoms with Gasteiger partial charge < -0.3 is 14.2 Å². The molecule has 6 nitrogen and oxygen atoms in total. The quantitative estimate of drug-likeness (QED) is 0.840. The second kappa shape index (κ2) is 8.04. The normalized spacial score (nSPS) is 19.8. The van der Waals surface area contributed by atoms with Crippen LogP contribution in [0.3, 0.4) is 0 Å². The van der Waals surface area contributed by atoms with E-state index in [-0.39, 0.29) is 11.8 Å². The molecule has 6 heteroatoms. The lowest BCUT2D eigenvalue weighted by Gasteiger charge is -2.35. The van der Waals surface area contributed by atoms with Gasteiger partial charge in [0, 0.05) is 39.3 Å². The molecule has 3 heterocycles. The van der Waals surface area contributed by atoms with Crippen molar-refractivity contribution in [2.24, 2.45) is 0 Å². The summed E-state index contributed by atoms with van der Waals surface area (Å²) in [6.07, 6.45) is 4.71. The number of carbonyl (C=O) groups is 2. The fourth-order valence-corrected chi connectivity index (χ4v) is 3.73. The topological polar surface area (TPSA) is 57.0 Å². The van der Waals surface area contributed by atoms with E-state index in [9.17, 15) is 9.59 Å². The van der Waals surface area contributed by atoms with Crippen LogP contribution in [0.1, 0.15) is 47.6 Å². The highest BCUT2D eigenvalue weighted by molar-refractivity contribution is 5.95. The molecule has 25 heavy (non-hydrogen) atoms. The van der Waals surface area contributed by atoms with Crippen LogP contribution in [0.15, 0.2) is 10.5 Å². The number of hydrogen-bond acceptors (Lipinski definition) is 4. The Kier molecular flexibility index (Phi) is 5.78. The van der Waals surface area contributed by atoms with Gasteiger partial charge in [0.1, 0.15) is 11.5 Å². The molecular formula is C19H29N3O3. The number of furan rings is 1. The van der Waals surface area contributed by atoms with Crippen LogP contribution in [0.25, 0.3) is 0 Å². The number of amides is 2. The molecule has 0 radical (unpaired) electrons. The molecule has 0 aromatic carbocycles. The highest BCUT2D eigenvalue weighted by Gasteiger charge is 2.26. The minimum Gasteiger partial charge on any atom is -0.466 e. The van der Waals surface area contributed by atoms with Gasteiger partial charge in [-0.2, -0.15) is 0 Å². The largest absolute Gasteiger partial charge is 0.466 e. The minimum atomic E-state index is 0.0350. The van der Waals surface area contributed by atoms with Crippen molar-refractivity contribution in [3.05, 3.63) is 23.2 Å². The summed E-state index contributed by atoms with van der Waals surface area (Å²) in [7, 11) is 0. The van der Waals surface area contributed by atoms with E-state index in [1.807, 2.05) is 29.7 Å². The number of aryl methyl sites for hydroxylation is 2. The Morgan fingerprint density at radius 1 is 0.920 bits per heavy atom. The van der Waals surface area contributed by atoms with E-state index in [2.05, 4.69) is 4.90 Å². The molecule has 138 valence electrons. The van der Waals surface area contributed by atoms with Crippen LogP contribution in [0.2, 0.25) is 0 Å². The van der Waals surface area contributed by atoms with Gasteiger partial charge in [-0.25, -0.2) is 0 Å². The van der Waals surface area contributed by atoms with Crippen molar-refractivity contribution in [2.75, 3.05) is 45.8 Å². The van der Waals surface area contributed by atoms with Gasteiger partial charge in [-0.1, -0.05) is 12.8 Å². The molecule has 0 saturated carbocycles. The maximum Gasteiger partial charge on any atom is 0.257 e. The number of nitrogens with zero attached hydrogens (tertiary/aromatic N) is 3. The third kappa shape index (κ3) is 4.42. The van der Waals surface area contributed by atoms with Crippen molar-refractivity contribution in [2.45, 2.75) is 39.5 Å². The highest BCUT2D eigenvalue weighted by atomic mass is 16.3. The van der Waals surface area contributed by atoms with Crippen LogP contribution in [-0.2, 0) is 4.79 Å². The molecule has 0 N–H and O–H groups in total. The molecule has 2 saturated heterocycles. The van der Waals surface area contributed by atoms with Gasteiger partial charge in [0.05, 0.1) is 12.1 Å². The summed E-state index contributed by atoms with van der Waals surface area (Å²) in [4.78, 5) is 31.2. The van der Waals surface area contributed by atoms with Crippen LogP contribution in [0.5, 0.6) is 0 Å². The van der Waals surface area contributed by atoms with Gasteiger partial charge in [-0.15, -0.1) is 0 Å². The molecular weight excluding hydrogens is 318 g/mol. The third-order valence-electron chi connectivity index (χ3n) is 5.25. The van der Waals surface area contributed by atoms with Gasteiger partial charge in [-0.05, 0) is 32.8 Å². The average Bonchev–Trinajstić information content (AvgIpc) is 2.80. The maximum absolute atomic E-state index is 12.6. The number of carbonyl (C=O) groups excluding carboxylic acids is 2. The first-order chi connectivity index (χ1) is 12.0. The molecule has 1 aromatic rings. The highest BCUT2D eigenvalue weighted by Crippen LogP contribution is 2.17. The van der Waals surface area contributed by atoms with Gasteiger partial charge in [-0.3, -0.25) is 14.5 Å². The molecule has 0 atom stereocenters. The van der Waals surface area contributed by atoms with Crippen molar-refractivity contribution in [3.63, 3.8) is 0 Å².